The minimum atomic E-state index is -0.905. The minimum Gasteiger partial charge on any atom is -0.397 e. The van der Waals surface area contributed by atoms with Gasteiger partial charge in [-0.25, -0.2) is 4.63 Å². The van der Waals surface area contributed by atoms with Gasteiger partial charge in [-0.3, -0.25) is 0 Å². The van der Waals surface area contributed by atoms with Gasteiger partial charge in [-0.1, -0.05) is 0 Å². The van der Waals surface area contributed by atoms with Crippen LogP contribution in [0.1, 0.15) is 27.7 Å². The molecule has 2 rings (SSSR count). The molecule has 0 spiro atoms. The predicted molar refractivity (Wildman–Crippen MR) is 70.2 cm³/mol. The van der Waals surface area contributed by atoms with Crippen molar-refractivity contribution in [3.05, 3.63) is 12.1 Å². The third-order valence-electron chi connectivity index (χ3n) is 3.42. The zero-order chi connectivity index (χ0) is 13.6. The molecule has 4 N–H and O–H groups in total. The molecule has 0 aliphatic heterocycles. The van der Waals surface area contributed by atoms with Gasteiger partial charge in [-0.2, -0.15) is 0 Å². The molecule has 6 nitrogen and oxygen atoms in total. The first-order valence-corrected chi connectivity index (χ1v) is 5.74. The Morgan fingerprint density at radius 3 is 2.39 bits per heavy atom. The summed E-state index contributed by atoms with van der Waals surface area (Å²) >= 11 is 0. The molecule has 0 aliphatic carbocycles. The highest BCUT2D eigenvalue weighted by molar-refractivity contribution is 5.95. The second-order valence-electron chi connectivity index (χ2n) is 5.47. The van der Waals surface area contributed by atoms with Crippen LogP contribution in [0.4, 0.5) is 11.4 Å². The number of nitrogens with two attached hydrogens (primary N) is 1. The maximum atomic E-state index is 10.1. The van der Waals surface area contributed by atoms with Crippen molar-refractivity contribution in [2.24, 2.45) is 0 Å². The molecule has 2 aromatic rings. The highest BCUT2D eigenvalue weighted by Crippen LogP contribution is 2.31. The zero-order valence-electron chi connectivity index (χ0n) is 11.0. The predicted octanol–water partition coefficient (Wildman–Crippen LogP) is 1.77. The Kier molecular flexibility index (Phi) is 2.70. The molecule has 0 amide bonds. The number of rotatable bonds is 3. The number of fused-ring (bicyclic) bond motifs is 1. The lowest BCUT2D eigenvalue weighted by Crippen LogP contribution is -2.51. The maximum Gasteiger partial charge on any atom is 0.160 e. The van der Waals surface area contributed by atoms with E-state index in [1.165, 1.54) is 0 Å². The molecular weight excluding hydrogens is 232 g/mol. The number of nitrogens with one attached hydrogen (secondary N) is 1. The standard InChI is InChI=1S/C12H18N4O2/c1-11(2,12(3,4)17)14-8-6-5-7(13)9-10(8)16-18-15-9/h5-6,14,17H,13H2,1-4H3. The molecule has 98 valence electrons. The molecule has 0 unspecified atom stereocenters. The molecule has 6 heteroatoms. The number of nitrogen functional groups attached to an aromatic ring is 1. The van der Waals surface area contributed by atoms with Crippen molar-refractivity contribution in [1.29, 1.82) is 0 Å². The largest absolute Gasteiger partial charge is 0.397 e. The van der Waals surface area contributed by atoms with Gasteiger partial charge < -0.3 is 16.2 Å². The van der Waals surface area contributed by atoms with Crippen LogP contribution < -0.4 is 11.1 Å². The number of anilines is 2. The van der Waals surface area contributed by atoms with E-state index in [1.807, 2.05) is 13.8 Å². The van der Waals surface area contributed by atoms with Crippen molar-refractivity contribution in [2.45, 2.75) is 38.8 Å². The summed E-state index contributed by atoms with van der Waals surface area (Å²) in [5, 5.41) is 21.0. The minimum absolute atomic E-state index is 0.512. The third kappa shape index (κ3) is 1.99. The Morgan fingerprint density at radius 1 is 1.17 bits per heavy atom. The van der Waals surface area contributed by atoms with E-state index < -0.39 is 11.1 Å². The van der Waals surface area contributed by atoms with E-state index >= 15 is 0 Å². The average Bonchev–Trinajstić information content (AvgIpc) is 2.70. The van der Waals surface area contributed by atoms with Crippen molar-refractivity contribution in [3.63, 3.8) is 0 Å². The second-order valence-corrected chi connectivity index (χ2v) is 5.47. The topological polar surface area (TPSA) is 97.2 Å². The molecule has 18 heavy (non-hydrogen) atoms. The molecule has 1 aromatic carbocycles. The van der Waals surface area contributed by atoms with Gasteiger partial charge in [-0.05, 0) is 50.1 Å². The van der Waals surface area contributed by atoms with Gasteiger partial charge in [0.1, 0.15) is 0 Å². The Morgan fingerprint density at radius 2 is 1.78 bits per heavy atom. The summed E-state index contributed by atoms with van der Waals surface area (Å²) in [7, 11) is 0. The Hall–Kier alpha value is -1.82. The van der Waals surface area contributed by atoms with Gasteiger partial charge in [-0.15, -0.1) is 0 Å². The normalized spacial score (nSPS) is 12.9. The van der Waals surface area contributed by atoms with E-state index in [9.17, 15) is 5.11 Å². The summed E-state index contributed by atoms with van der Waals surface area (Å²) in [6.07, 6.45) is 0. The van der Waals surface area contributed by atoms with Crippen LogP contribution in [0.25, 0.3) is 11.0 Å². The first-order chi connectivity index (χ1) is 8.22. The summed E-state index contributed by atoms with van der Waals surface area (Å²) in [5.41, 5.74) is 6.65. The number of hydrogen-bond acceptors (Lipinski definition) is 6. The van der Waals surface area contributed by atoms with Crippen LogP contribution in [0.15, 0.2) is 16.8 Å². The molecule has 0 saturated carbocycles. The first-order valence-electron chi connectivity index (χ1n) is 5.74. The van der Waals surface area contributed by atoms with Crippen molar-refractivity contribution in [3.8, 4) is 0 Å². The lowest BCUT2D eigenvalue weighted by Gasteiger charge is -2.38. The molecule has 0 aliphatic rings. The smallest absolute Gasteiger partial charge is 0.160 e. The fraction of sp³-hybridized carbons (Fsp3) is 0.500. The van der Waals surface area contributed by atoms with Crippen molar-refractivity contribution < 1.29 is 9.74 Å². The maximum absolute atomic E-state index is 10.1. The Labute approximate surface area is 105 Å². The highest BCUT2D eigenvalue weighted by Gasteiger charge is 2.35. The summed E-state index contributed by atoms with van der Waals surface area (Å²) in [5.74, 6) is 0. The van der Waals surface area contributed by atoms with E-state index in [-0.39, 0.29) is 0 Å². The van der Waals surface area contributed by atoms with Gasteiger partial charge in [0.25, 0.3) is 0 Å². The van der Waals surface area contributed by atoms with Gasteiger partial charge in [0.05, 0.1) is 22.5 Å². The third-order valence-corrected chi connectivity index (χ3v) is 3.42. The van der Waals surface area contributed by atoms with E-state index in [0.29, 0.717) is 16.7 Å². The zero-order valence-corrected chi connectivity index (χ0v) is 11.0. The molecule has 1 aromatic heterocycles. The fourth-order valence-electron chi connectivity index (χ4n) is 1.48. The van der Waals surface area contributed by atoms with Crippen LogP contribution in [0, 0.1) is 0 Å². The molecule has 0 fully saturated rings. The van der Waals surface area contributed by atoms with Gasteiger partial charge in [0.15, 0.2) is 11.0 Å². The summed E-state index contributed by atoms with van der Waals surface area (Å²) in [6.45, 7) is 7.30. The number of aliphatic hydroxyl groups is 1. The molecule has 0 saturated heterocycles. The molecule has 0 radical (unpaired) electrons. The first kappa shape index (κ1) is 12.6. The van der Waals surface area contributed by atoms with Crippen LogP contribution in [-0.4, -0.2) is 26.6 Å². The van der Waals surface area contributed by atoms with E-state index in [4.69, 9.17) is 10.4 Å². The van der Waals surface area contributed by atoms with Crippen LogP contribution in [0.2, 0.25) is 0 Å². The number of aromatic nitrogens is 2. The molecular formula is C12H18N4O2. The lowest BCUT2D eigenvalue weighted by atomic mass is 9.85. The lowest BCUT2D eigenvalue weighted by molar-refractivity contribution is 0.0241. The Balaban J connectivity index is 2.45. The second kappa shape index (κ2) is 3.84. The van der Waals surface area contributed by atoms with Crippen LogP contribution in [0.3, 0.4) is 0 Å². The average molecular weight is 250 g/mol. The van der Waals surface area contributed by atoms with Crippen LogP contribution in [-0.2, 0) is 0 Å². The number of benzene rings is 1. The molecule has 1 heterocycles. The number of hydrogen-bond donors (Lipinski definition) is 3. The molecule has 0 bridgehead atoms. The summed E-state index contributed by atoms with van der Waals surface area (Å²) in [6, 6.07) is 3.53. The monoisotopic (exact) mass is 250 g/mol. The van der Waals surface area contributed by atoms with Gasteiger partial charge in [0, 0.05) is 0 Å². The van der Waals surface area contributed by atoms with E-state index in [1.54, 1.807) is 26.0 Å². The van der Waals surface area contributed by atoms with Crippen LogP contribution in [0.5, 0.6) is 0 Å². The van der Waals surface area contributed by atoms with Crippen molar-refractivity contribution >= 4 is 22.4 Å². The van der Waals surface area contributed by atoms with E-state index in [2.05, 4.69) is 15.6 Å². The number of nitrogens with zero attached hydrogens (tertiary/aromatic N) is 2. The summed E-state index contributed by atoms with van der Waals surface area (Å²) in [4.78, 5) is 0. The van der Waals surface area contributed by atoms with Crippen LogP contribution >= 0.6 is 0 Å². The van der Waals surface area contributed by atoms with E-state index in [0.717, 1.165) is 5.69 Å². The SMILES string of the molecule is CC(C)(O)C(C)(C)Nc1ccc(N)c2nonc12. The van der Waals surface area contributed by atoms with Crippen molar-refractivity contribution in [2.75, 3.05) is 11.1 Å². The molecule has 0 atom stereocenters. The highest BCUT2D eigenvalue weighted by atomic mass is 16.6. The van der Waals surface area contributed by atoms with Gasteiger partial charge >= 0.3 is 0 Å². The Bertz CT molecular complexity index is 569. The quantitative estimate of drug-likeness (QED) is 0.718. The summed E-state index contributed by atoms with van der Waals surface area (Å²) < 4.78 is 4.70. The van der Waals surface area contributed by atoms with Gasteiger partial charge in [0.2, 0.25) is 0 Å². The fourth-order valence-corrected chi connectivity index (χ4v) is 1.48. The van der Waals surface area contributed by atoms with Crippen molar-refractivity contribution in [1.82, 2.24) is 10.3 Å².